The van der Waals surface area contributed by atoms with Gasteiger partial charge in [0.25, 0.3) is 6.43 Å². The predicted molar refractivity (Wildman–Crippen MR) is 55.3 cm³/mol. The van der Waals surface area contributed by atoms with E-state index >= 15 is 0 Å². The highest BCUT2D eigenvalue weighted by Crippen LogP contribution is 2.08. The number of piperazine rings is 1. The second-order valence-electron chi connectivity index (χ2n) is 4.06. The Balaban J connectivity index is 2.17. The SMILES string of the molecule is C[C@@H]1CNC[C@H](C)N1CCOCC(F)F. The predicted octanol–water partition coefficient (Wildman–Crippen LogP) is 0.950. The lowest BCUT2D eigenvalue weighted by molar-refractivity contribution is -0.00149. The normalized spacial score (nSPS) is 28.6. The van der Waals surface area contributed by atoms with Crippen molar-refractivity contribution in [2.24, 2.45) is 0 Å². The Bertz CT molecular complexity index is 171. The number of nitrogens with zero attached hydrogens (tertiary/aromatic N) is 1. The van der Waals surface area contributed by atoms with Gasteiger partial charge in [0.05, 0.1) is 6.61 Å². The topological polar surface area (TPSA) is 24.5 Å². The van der Waals surface area contributed by atoms with Gasteiger partial charge in [-0.3, -0.25) is 4.90 Å². The molecule has 2 atom stereocenters. The van der Waals surface area contributed by atoms with E-state index in [1.54, 1.807) is 0 Å². The Morgan fingerprint density at radius 1 is 1.33 bits per heavy atom. The van der Waals surface area contributed by atoms with Crippen molar-refractivity contribution in [2.75, 3.05) is 32.8 Å². The van der Waals surface area contributed by atoms with Crippen LogP contribution in [0.3, 0.4) is 0 Å². The van der Waals surface area contributed by atoms with Gasteiger partial charge in [0.2, 0.25) is 0 Å². The lowest BCUT2D eigenvalue weighted by Gasteiger charge is -2.39. The molecule has 0 aliphatic carbocycles. The van der Waals surface area contributed by atoms with Crippen molar-refractivity contribution in [3.05, 3.63) is 0 Å². The van der Waals surface area contributed by atoms with Crippen LogP contribution in [0.1, 0.15) is 13.8 Å². The highest BCUT2D eigenvalue weighted by Gasteiger charge is 2.23. The van der Waals surface area contributed by atoms with E-state index in [4.69, 9.17) is 4.74 Å². The monoisotopic (exact) mass is 222 g/mol. The van der Waals surface area contributed by atoms with Crippen molar-refractivity contribution in [1.82, 2.24) is 10.2 Å². The Hall–Kier alpha value is -0.260. The summed E-state index contributed by atoms with van der Waals surface area (Å²) in [7, 11) is 0. The number of rotatable bonds is 5. The van der Waals surface area contributed by atoms with Gasteiger partial charge >= 0.3 is 0 Å². The van der Waals surface area contributed by atoms with Gasteiger partial charge in [-0.2, -0.15) is 0 Å². The van der Waals surface area contributed by atoms with Gasteiger partial charge in [-0.25, -0.2) is 8.78 Å². The van der Waals surface area contributed by atoms with E-state index in [1.807, 2.05) is 0 Å². The van der Waals surface area contributed by atoms with E-state index in [2.05, 4.69) is 24.1 Å². The van der Waals surface area contributed by atoms with E-state index < -0.39 is 13.0 Å². The largest absolute Gasteiger partial charge is 0.374 e. The van der Waals surface area contributed by atoms with Crippen molar-refractivity contribution in [1.29, 1.82) is 0 Å². The molecular formula is C10H20F2N2O. The van der Waals surface area contributed by atoms with Crippen LogP contribution in [-0.2, 0) is 4.74 Å². The summed E-state index contributed by atoms with van der Waals surface area (Å²) in [6, 6.07) is 0.896. The molecule has 0 aromatic heterocycles. The third-order valence-electron chi connectivity index (χ3n) is 2.75. The molecule has 0 amide bonds. The lowest BCUT2D eigenvalue weighted by atomic mass is 10.1. The molecule has 0 spiro atoms. The van der Waals surface area contributed by atoms with Crippen LogP contribution in [-0.4, -0.2) is 56.3 Å². The molecule has 3 nitrogen and oxygen atoms in total. The van der Waals surface area contributed by atoms with Gasteiger partial charge in [0.15, 0.2) is 0 Å². The number of hydrogen-bond acceptors (Lipinski definition) is 3. The molecule has 0 saturated carbocycles. The summed E-state index contributed by atoms with van der Waals surface area (Å²) >= 11 is 0. The van der Waals surface area contributed by atoms with E-state index in [0.717, 1.165) is 19.6 Å². The summed E-state index contributed by atoms with van der Waals surface area (Å²) in [4.78, 5) is 2.29. The first-order chi connectivity index (χ1) is 7.11. The Morgan fingerprint density at radius 2 is 1.93 bits per heavy atom. The van der Waals surface area contributed by atoms with E-state index in [0.29, 0.717) is 18.7 Å². The summed E-state index contributed by atoms with van der Waals surface area (Å²) < 4.78 is 28.5. The Morgan fingerprint density at radius 3 is 2.47 bits per heavy atom. The van der Waals surface area contributed by atoms with Crippen LogP contribution in [0, 0.1) is 0 Å². The summed E-state index contributed by atoms with van der Waals surface area (Å²) in [5.41, 5.74) is 0. The molecule has 1 aliphatic heterocycles. The second-order valence-corrected chi connectivity index (χ2v) is 4.06. The summed E-state index contributed by atoms with van der Waals surface area (Å²) in [6.07, 6.45) is -2.36. The molecule has 1 saturated heterocycles. The number of halogens is 2. The number of alkyl halides is 2. The van der Waals surface area contributed by atoms with Crippen LogP contribution in [0.4, 0.5) is 8.78 Å². The van der Waals surface area contributed by atoms with Gasteiger partial charge in [-0.1, -0.05) is 0 Å². The zero-order valence-electron chi connectivity index (χ0n) is 9.38. The van der Waals surface area contributed by atoms with Crippen LogP contribution in [0.5, 0.6) is 0 Å². The van der Waals surface area contributed by atoms with E-state index in [9.17, 15) is 8.78 Å². The summed E-state index contributed by atoms with van der Waals surface area (Å²) in [5.74, 6) is 0. The highest BCUT2D eigenvalue weighted by molar-refractivity contribution is 4.82. The third-order valence-corrected chi connectivity index (χ3v) is 2.75. The molecule has 5 heteroatoms. The lowest BCUT2D eigenvalue weighted by Crippen LogP contribution is -2.55. The van der Waals surface area contributed by atoms with Crippen molar-refractivity contribution in [3.63, 3.8) is 0 Å². The van der Waals surface area contributed by atoms with Crippen molar-refractivity contribution in [3.8, 4) is 0 Å². The Kier molecular flexibility index (Phi) is 5.42. The van der Waals surface area contributed by atoms with Gasteiger partial charge in [0, 0.05) is 31.7 Å². The summed E-state index contributed by atoms with van der Waals surface area (Å²) in [6.45, 7) is 6.86. The van der Waals surface area contributed by atoms with Crippen LogP contribution >= 0.6 is 0 Å². The molecule has 1 aliphatic rings. The fraction of sp³-hybridized carbons (Fsp3) is 1.00. The fourth-order valence-electron chi connectivity index (χ4n) is 1.95. The zero-order chi connectivity index (χ0) is 11.3. The van der Waals surface area contributed by atoms with Crippen LogP contribution in [0.25, 0.3) is 0 Å². The van der Waals surface area contributed by atoms with Crippen molar-refractivity contribution in [2.45, 2.75) is 32.4 Å². The third kappa shape index (κ3) is 4.40. The first kappa shape index (κ1) is 12.8. The minimum atomic E-state index is -2.36. The highest BCUT2D eigenvalue weighted by atomic mass is 19.3. The molecule has 1 N–H and O–H groups in total. The molecule has 15 heavy (non-hydrogen) atoms. The molecular weight excluding hydrogens is 202 g/mol. The van der Waals surface area contributed by atoms with E-state index in [-0.39, 0.29) is 0 Å². The fourth-order valence-corrected chi connectivity index (χ4v) is 1.95. The molecule has 1 heterocycles. The van der Waals surface area contributed by atoms with Crippen molar-refractivity contribution >= 4 is 0 Å². The van der Waals surface area contributed by atoms with Crippen LogP contribution in [0.15, 0.2) is 0 Å². The summed E-state index contributed by atoms with van der Waals surface area (Å²) in [5, 5.41) is 3.32. The molecule has 0 radical (unpaired) electrons. The smallest absolute Gasteiger partial charge is 0.261 e. The van der Waals surface area contributed by atoms with E-state index in [1.165, 1.54) is 0 Å². The first-order valence-electron chi connectivity index (χ1n) is 5.43. The Labute approximate surface area is 89.8 Å². The maximum atomic E-state index is 11.8. The molecule has 0 bridgehead atoms. The number of ether oxygens (including phenoxy) is 1. The number of nitrogens with one attached hydrogen (secondary N) is 1. The van der Waals surface area contributed by atoms with Crippen LogP contribution < -0.4 is 5.32 Å². The molecule has 1 fully saturated rings. The van der Waals surface area contributed by atoms with Gasteiger partial charge < -0.3 is 10.1 Å². The van der Waals surface area contributed by atoms with Gasteiger partial charge in [0.1, 0.15) is 6.61 Å². The maximum Gasteiger partial charge on any atom is 0.261 e. The molecule has 0 unspecified atom stereocenters. The average Bonchev–Trinajstić information content (AvgIpc) is 2.15. The quantitative estimate of drug-likeness (QED) is 0.701. The standard InChI is InChI=1S/C10H20F2N2O/c1-8-5-13-6-9(2)14(8)3-4-15-7-10(11)12/h8-10,13H,3-7H2,1-2H3/t8-,9+. The van der Waals surface area contributed by atoms with Crippen molar-refractivity contribution < 1.29 is 13.5 Å². The molecule has 0 aromatic carbocycles. The molecule has 0 aromatic rings. The first-order valence-corrected chi connectivity index (χ1v) is 5.43. The average molecular weight is 222 g/mol. The molecule has 90 valence electrons. The van der Waals surface area contributed by atoms with Gasteiger partial charge in [-0.15, -0.1) is 0 Å². The molecule has 1 rings (SSSR count). The second kappa shape index (κ2) is 6.35. The minimum absolute atomic E-state index is 0.388. The van der Waals surface area contributed by atoms with Gasteiger partial charge in [-0.05, 0) is 13.8 Å². The maximum absolute atomic E-state index is 11.8. The zero-order valence-corrected chi connectivity index (χ0v) is 9.38. The minimum Gasteiger partial charge on any atom is -0.374 e. The number of hydrogen-bond donors (Lipinski definition) is 1. The van der Waals surface area contributed by atoms with Crippen LogP contribution in [0.2, 0.25) is 0 Å².